The second-order valence-electron chi connectivity index (χ2n) is 6.33. The molecule has 4 rings (SSSR count). The number of rotatable bonds is 4. The van der Waals surface area contributed by atoms with Gasteiger partial charge in [0.05, 0.1) is 5.56 Å². The van der Waals surface area contributed by atoms with E-state index in [9.17, 15) is 4.79 Å². The predicted molar refractivity (Wildman–Crippen MR) is 105 cm³/mol. The van der Waals surface area contributed by atoms with Crippen LogP contribution in [0.4, 0.5) is 5.82 Å². The van der Waals surface area contributed by atoms with Crippen molar-refractivity contribution in [3.8, 4) is 34.0 Å². The summed E-state index contributed by atoms with van der Waals surface area (Å²) in [5.41, 5.74) is 4.17. The van der Waals surface area contributed by atoms with Gasteiger partial charge in [-0.3, -0.25) is 9.78 Å². The number of carbonyl (C=O) groups excluding carboxylic acids is 1. The van der Waals surface area contributed by atoms with E-state index in [4.69, 9.17) is 4.42 Å². The molecule has 0 radical (unpaired) electrons. The van der Waals surface area contributed by atoms with Crippen molar-refractivity contribution in [3.05, 3.63) is 66.6 Å². The maximum Gasteiger partial charge on any atom is 0.248 e. The molecule has 0 saturated heterocycles. The Morgan fingerprint density at radius 1 is 0.929 bits per heavy atom. The summed E-state index contributed by atoms with van der Waals surface area (Å²) in [6.45, 7) is 3.40. The largest absolute Gasteiger partial charge is 0.416 e. The molecule has 3 aromatic heterocycles. The van der Waals surface area contributed by atoms with Crippen LogP contribution in [0.5, 0.6) is 0 Å². The first-order valence-corrected chi connectivity index (χ1v) is 8.69. The van der Waals surface area contributed by atoms with Crippen molar-refractivity contribution < 1.29 is 9.21 Å². The summed E-state index contributed by atoms with van der Waals surface area (Å²) in [6, 6.07) is 13.3. The van der Waals surface area contributed by atoms with E-state index in [1.807, 2.05) is 43.3 Å². The molecule has 4 aromatic rings. The van der Waals surface area contributed by atoms with Crippen LogP contribution in [-0.4, -0.2) is 26.1 Å². The smallest absolute Gasteiger partial charge is 0.248 e. The zero-order chi connectivity index (χ0) is 19.5. The lowest BCUT2D eigenvalue weighted by Crippen LogP contribution is -2.07. The molecule has 7 heteroatoms. The Hall–Kier alpha value is -3.87. The zero-order valence-corrected chi connectivity index (χ0v) is 15.4. The van der Waals surface area contributed by atoms with Gasteiger partial charge in [-0.25, -0.2) is 4.98 Å². The molecule has 7 nitrogen and oxygen atoms in total. The minimum Gasteiger partial charge on any atom is -0.416 e. The molecule has 0 saturated carbocycles. The number of pyridine rings is 2. The first-order chi connectivity index (χ1) is 13.6. The Balaban J connectivity index is 1.84. The van der Waals surface area contributed by atoms with Crippen LogP contribution in [0.3, 0.4) is 0 Å². The molecule has 0 aliphatic rings. The molecule has 0 unspecified atom stereocenters. The van der Waals surface area contributed by atoms with Gasteiger partial charge in [0.1, 0.15) is 5.82 Å². The number of nitrogens with one attached hydrogen (secondary N) is 1. The second kappa shape index (κ2) is 7.40. The van der Waals surface area contributed by atoms with Crippen LogP contribution in [0.2, 0.25) is 0 Å². The van der Waals surface area contributed by atoms with E-state index in [0.29, 0.717) is 23.2 Å². The van der Waals surface area contributed by atoms with Crippen LogP contribution in [0.25, 0.3) is 34.0 Å². The van der Waals surface area contributed by atoms with Crippen LogP contribution < -0.4 is 5.32 Å². The highest BCUT2D eigenvalue weighted by Crippen LogP contribution is 2.33. The van der Waals surface area contributed by atoms with Crippen LogP contribution in [-0.2, 0) is 4.79 Å². The molecule has 0 spiro atoms. The fourth-order valence-corrected chi connectivity index (χ4v) is 2.84. The summed E-state index contributed by atoms with van der Waals surface area (Å²) in [6.07, 6.45) is 5.20. The first-order valence-electron chi connectivity index (χ1n) is 8.69. The summed E-state index contributed by atoms with van der Waals surface area (Å²) in [4.78, 5) is 20.0. The van der Waals surface area contributed by atoms with E-state index in [-0.39, 0.29) is 5.91 Å². The molecule has 1 aromatic carbocycles. The molecule has 1 N–H and O–H groups in total. The average Bonchev–Trinajstić information content (AvgIpc) is 3.18. The monoisotopic (exact) mass is 371 g/mol. The minimum atomic E-state index is -0.209. The SMILES string of the molecule is CC(=O)Nc1cc(-c2nnc(-c3ccccc3)o2)c(-c2cncc(C)c2)cn1. The van der Waals surface area contributed by atoms with Gasteiger partial charge >= 0.3 is 0 Å². The number of amides is 1. The molecule has 0 aliphatic carbocycles. The van der Waals surface area contributed by atoms with Gasteiger partial charge in [-0.1, -0.05) is 18.2 Å². The number of carbonyl (C=O) groups is 1. The number of aromatic nitrogens is 4. The van der Waals surface area contributed by atoms with Crippen molar-refractivity contribution in [1.82, 2.24) is 20.2 Å². The molecule has 0 atom stereocenters. The van der Waals surface area contributed by atoms with Gasteiger partial charge in [-0.2, -0.15) is 0 Å². The summed E-state index contributed by atoms with van der Waals surface area (Å²) >= 11 is 0. The number of benzene rings is 1. The van der Waals surface area contributed by atoms with Crippen LogP contribution in [0.1, 0.15) is 12.5 Å². The van der Waals surface area contributed by atoms with Gasteiger partial charge in [0.2, 0.25) is 17.7 Å². The maximum absolute atomic E-state index is 11.4. The van der Waals surface area contributed by atoms with Crippen molar-refractivity contribution in [2.24, 2.45) is 0 Å². The lowest BCUT2D eigenvalue weighted by Gasteiger charge is -2.09. The lowest BCUT2D eigenvalue weighted by molar-refractivity contribution is -0.114. The molecule has 3 heterocycles. The van der Waals surface area contributed by atoms with Crippen molar-refractivity contribution in [2.45, 2.75) is 13.8 Å². The third kappa shape index (κ3) is 3.64. The van der Waals surface area contributed by atoms with Crippen LogP contribution in [0, 0.1) is 6.92 Å². The van der Waals surface area contributed by atoms with Crippen molar-refractivity contribution in [1.29, 1.82) is 0 Å². The fourth-order valence-electron chi connectivity index (χ4n) is 2.84. The lowest BCUT2D eigenvalue weighted by atomic mass is 10.0. The van der Waals surface area contributed by atoms with Gasteiger partial charge in [-0.05, 0) is 36.8 Å². The molecule has 28 heavy (non-hydrogen) atoms. The Kier molecular flexibility index (Phi) is 4.63. The van der Waals surface area contributed by atoms with Gasteiger partial charge < -0.3 is 9.73 Å². The van der Waals surface area contributed by atoms with Crippen LogP contribution >= 0.6 is 0 Å². The Morgan fingerprint density at radius 3 is 2.46 bits per heavy atom. The van der Waals surface area contributed by atoms with Crippen molar-refractivity contribution in [2.75, 3.05) is 5.32 Å². The first kappa shape index (κ1) is 17.5. The summed E-state index contributed by atoms with van der Waals surface area (Å²) < 4.78 is 5.93. The fraction of sp³-hybridized carbons (Fsp3) is 0.0952. The number of aryl methyl sites for hydroxylation is 1. The highest BCUT2D eigenvalue weighted by atomic mass is 16.4. The minimum absolute atomic E-state index is 0.209. The topological polar surface area (TPSA) is 93.8 Å². The normalized spacial score (nSPS) is 10.6. The van der Waals surface area contributed by atoms with E-state index in [1.165, 1.54) is 6.92 Å². The standard InChI is InChI=1S/C21H17N5O2/c1-13-8-16(11-22-10-13)18-12-23-19(24-14(2)27)9-17(18)21-26-25-20(28-21)15-6-4-3-5-7-15/h3-12H,1-2H3,(H,23,24,27). The van der Waals surface area contributed by atoms with E-state index in [0.717, 1.165) is 22.3 Å². The Morgan fingerprint density at radius 2 is 1.71 bits per heavy atom. The summed E-state index contributed by atoms with van der Waals surface area (Å²) in [7, 11) is 0. The third-order valence-electron chi connectivity index (χ3n) is 4.07. The van der Waals surface area contributed by atoms with E-state index >= 15 is 0 Å². The Bertz CT molecular complexity index is 1140. The van der Waals surface area contributed by atoms with Gasteiger partial charge in [0, 0.05) is 42.2 Å². The van der Waals surface area contributed by atoms with Gasteiger partial charge in [0.15, 0.2) is 0 Å². The predicted octanol–water partition coefficient (Wildman–Crippen LogP) is 4.13. The second-order valence-corrected chi connectivity index (χ2v) is 6.33. The Labute approximate surface area is 161 Å². The highest BCUT2D eigenvalue weighted by Gasteiger charge is 2.17. The molecular formula is C21H17N5O2. The molecule has 0 aliphatic heterocycles. The van der Waals surface area contributed by atoms with Gasteiger partial charge in [-0.15, -0.1) is 10.2 Å². The van der Waals surface area contributed by atoms with E-state index < -0.39 is 0 Å². The van der Waals surface area contributed by atoms with Crippen LogP contribution in [0.15, 0.2) is 65.5 Å². The summed E-state index contributed by atoms with van der Waals surface area (Å²) in [5.74, 6) is 0.955. The highest BCUT2D eigenvalue weighted by molar-refractivity contribution is 5.90. The van der Waals surface area contributed by atoms with Crippen molar-refractivity contribution in [3.63, 3.8) is 0 Å². The zero-order valence-electron chi connectivity index (χ0n) is 15.4. The average molecular weight is 371 g/mol. The molecular weight excluding hydrogens is 354 g/mol. The third-order valence-corrected chi connectivity index (χ3v) is 4.07. The number of hydrogen-bond acceptors (Lipinski definition) is 6. The maximum atomic E-state index is 11.4. The van der Waals surface area contributed by atoms with E-state index in [2.05, 4.69) is 25.5 Å². The van der Waals surface area contributed by atoms with Gasteiger partial charge in [0.25, 0.3) is 0 Å². The number of hydrogen-bond donors (Lipinski definition) is 1. The quantitative estimate of drug-likeness (QED) is 0.580. The number of anilines is 1. The van der Waals surface area contributed by atoms with E-state index in [1.54, 1.807) is 24.7 Å². The molecule has 138 valence electrons. The van der Waals surface area contributed by atoms with Crippen molar-refractivity contribution >= 4 is 11.7 Å². The molecule has 1 amide bonds. The molecule has 0 fully saturated rings. The molecule has 0 bridgehead atoms. The summed E-state index contributed by atoms with van der Waals surface area (Å²) in [5, 5.41) is 11.1. The number of nitrogens with zero attached hydrogens (tertiary/aromatic N) is 4.